The monoisotopic (exact) mass is 521 g/mol. The molecule has 2 N–H and O–H groups in total. The number of thioether (sulfide) groups is 1. The summed E-state index contributed by atoms with van der Waals surface area (Å²) < 4.78 is 25.2. The van der Waals surface area contributed by atoms with Gasteiger partial charge < -0.3 is 19.8 Å². The molecule has 0 fully saturated rings. The Balaban J connectivity index is 1.64. The lowest BCUT2D eigenvalue weighted by Gasteiger charge is -2.38. The first-order valence-electron chi connectivity index (χ1n) is 12.0. The highest BCUT2D eigenvalue weighted by molar-refractivity contribution is 7.98. The largest absolute Gasteiger partial charge is 0.497 e. The number of hydrogen-bond acceptors (Lipinski definition) is 7. The van der Waals surface area contributed by atoms with Gasteiger partial charge in [0.05, 0.1) is 25.7 Å². The number of carbonyl (C=O) groups is 1. The van der Waals surface area contributed by atoms with Crippen LogP contribution in [0.4, 0.5) is 10.2 Å². The third-order valence-corrected chi connectivity index (χ3v) is 7.69. The van der Waals surface area contributed by atoms with E-state index in [4.69, 9.17) is 14.5 Å². The zero-order valence-corrected chi connectivity index (χ0v) is 21.9. The summed E-state index contributed by atoms with van der Waals surface area (Å²) in [6.07, 6.45) is 0.996. The summed E-state index contributed by atoms with van der Waals surface area (Å²) >= 11 is 1.24. The zero-order chi connectivity index (χ0) is 26.3. The van der Waals surface area contributed by atoms with Gasteiger partial charge in [-0.2, -0.15) is 0 Å². The summed E-state index contributed by atoms with van der Waals surface area (Å²) in [5.41, 5.74) is 2.21. The fourth-order valence-electron chi connectivity index (χ4n) is 5.10. The molecule has 0 radical (unpaired) electrons. The van der Waals surface area contributed by atoms with Crippen molar-refractivity contribution in [2.45, 2.75) is 43.5 Å². The van der Waals surface area contributed by atoms with E-state index in [0.29, 0.717) is 63.3 Å². The van der Waals surface area contributed by atoms with Gasteiger partial charge in [-0.15, -0.1) is 0 Å². The first kappa shape index (κ1) is 25.1. The number of nitrogens with zero attached hydrogens (tertiary/aromatic N) is 1. The number of aromatic amines is 1. The van der Waals surface area contributed by atoms with E-state index in [1.54, 1.807) is 50.6 Å². The average molecular weight is 522 g/mol. The maximum atomic E-state index is 14.1. The van der Waals surface area contributed by atoms with Crippen molar-refractivity contribution in [3.63, 3.8) is 0 Å². The predicted molar refractivity (Wildman–Crippen MR) is 141 cm³/mol. The van der Waals surface area contributed by atoms with Crippen LogP contribution in [0.25, 0.3) is 0 Å². The van der Waals surface area contributed by atoms with Crippen LogP contribution >= 0.6 is 11.8 Å². The molecule has 5 rings (SSSR count). The second-order valence-corrected chi connectivity index (χ2v) is 11.0. The van der Waals surface area contributed by atoms with Crippen molar-refractivity contribution >= 4 is 23.4 Å². The molecular weight excluding hydrogens is 493 g/mol. The van der Waals surface area contributed by atoms with Gasteiger partial charge in [0.2, 0.25) is 0 Å². The first-order chi connectivity index (χ1) is 17.7. The van der Waals surface area contributed by atoms with E-state index >= 15 is 0 Å². The van der Waals surface area contributed by atoms with E-state index in [1.165, 1.54) is 17.8 Å². The second-order valence-electron chi connectivity index (χ2n) is 10.0. The molecule has 0 saturated heterocycles. The molecule has 9 heteroatoms. The van der Waals surface area contributed by atoms with Crippen molar-refractivity contribution in [1.29, 1.82) is 0 Å². The van der Waals surface area contributed by atoms with Gasteiger partial charge in [-0.05, 0) is 41.7 Å². The number of methoxy groups -OCH3 is 2. The SMILES string of the molecule is COc1ccc(OC)c(C2C3=C(CC(C)(C)CC3=O)Nc3nc(SCc4ccccc4F)[nH]c(=O)c32)c1. The number of allylic oxidation sites excluding steroid dienone is 2. The Morgan fingerprint density at radius 2 is 1.89 bits per heavy atom. The molecule has 7 nitrogen and oxygen atoms in total. The molecule has 0 bridgehead atoms. The van der Waals surface area contributed by atoms with Gasteiger partial charge in [0, 0.05) is 29.0 Å². The van der Waals surface area contributed by atoms with Crippen molar-refractivity contribution in [2.24, 2.45) is 5.41 Å². The molecule has 1 aromatic heterocycles. The highest BCUT2D eigenvalue weighted by Gasteiger charge is 2.43. The van der Waals surface area contributed by atoms with Gasteiger partial charge in [-0.1, -0.05) is 43.8 Å². The number of Topliss-reactive ketones (excluding diaryl/α,β-unsaturated/α-hetero) is 1. The van der Waals surface area contributed by atoms with Gasteiger partial charge in [-0.3, -0.25) is 9.59 Å². The van der Waals surface area contributed by atoms with E-state index < -0.39 is 5.92 Å². The molecule has 1 unspecified atom stereocenters. The molecular formula is C28H28FN3O4S. The minimum Gasteiger partial charge on any atom is -0.497 e. The van der Waals surface area contributed by atoms with E-state index in [-0.39, 0.29) is 22.6 Å². The van der Waals surface area contributed by atoms with Crippen LogP contribution in [0.5, 0.6) is 11.5 Å². The highest BCUT2D eigenvalue weighted by Crippen LogP contribution is 2.49. The molecule has 3 aromatic rings. The number of ketones is 1. The number of benzene rings is 2. The summed E-state index contributed by atoms with van der Waals surface area (Å²) in [7, 11) is 3.12. The van der Waals surface area contributed by atoms with Gasteiger partial charge in [0.25, 0.3) is 5.56 Å². The molecule has 1 aliphatic heterocycles. The predicted octanol–water partition coefficient (Wildman–Crippen LogP) is 5.42. The van der Waals surface area contributed by atoms with Crippen LogP contribution in [0.2, 0.25) is 0 Å². The van der Waals surface area contributed by atoms with Crippen molar-refractivity contribution in [1.82, 2.24) is 9.97 Å². The Bertz CT molecular complexity index is 1480. The number of rotatable bonds is 6. The third kappa shape index (κ3) is 4.75. The van der Waals surface area contributed by atoms with Gasteiger partial charge in [-0.25, -0.2) is 9.37 Å². The van der Waals surface area contributed by atoms with Crippen LogP contribution in [0, 0.1) is 11.2 Å². The summed E-state index contributed by atoms with van der Waals surface area (Å²) in [6.45, 7) is 4.10. The number of fused-ring (bicyclic) bond motifs is 1. The fourth-order valence-corrected chi connectivity index (χ4v) is 5.95. The average Bonchev–Trinajstić information content (AvgIpc) is 2.85. The number of ether oxygens (including phenoxy) is 2. The molecule has 192 valence electrons. The number of aromatic nitrogens is 2. The zero-order valence-electron chi connectivity index (χ0n) is 21.1. The second kappa shape index (κ2) is 9.70. The third-order valence-electron chi connectivity index (χ3n) is 6.77. The van der Waals surface area contributed by atoms with E-state index in [9.17, 15) is 14.0 Å². The molecule has 0 amide bonds. The van der Waals surface area contributed by atoms with Crippen molar-refractivity contribution in [3.8, 4) is 11.5 Å². The molecule has 2 heterocycles. The van der Waals surface area contributed by atoms with Crippen LogP contribution in [0.15, 0.2) is 63.7 Å². The van der Waals surface area contributed by atoms with Crippen LogP contribution in [-0.2, 0) is 10.5 Å². The maximum Gasteiger partial charge on any atom is 0.257 e. The van der Waals surface area contributed by atoms with Crippen molar-refractivity contribution in [2.75, 3.05) is 19.5 Å². The Hall–Kier alpha value is -3.59. The highest BCUT2D eigenvalue weighted by atomic mass is 32.2. The smallest absolute Gasteiger partial charge is 0.257 e. The van der Waals surface area contributed by atoms with Crippen LogP contribution in [0.3, 0.4) is 0 Å². The first-order valence-corrected chi connectivity index (χ1v) is 12.9. The van der Waals surface area contributed by atoms with Crippen LogP contribution in [0.1, 0.15) is 49.3 Å². The lowest BCUT2D eigenvalue weighted by atomic mass is 9.69. The quantitative estimate of drug-likeness (QED) is 0.331. The van der Waals surface area contributed by atoms with E-state index in [2.05, 4.69) is 10.3 Å². The molecule has 37 heavy (non-hydrogen) atoms. The molecule has 2 aromatic carbocycles. The Kier molecular flexibility index (Phi) is 6.58. The standard InChI is InChI=1S/C28H28FN3O4S/c1-28(2)12-19-23(20(33)13-28)22(17-11-16(35-3)9-10-21(17)36-4)24-25(30-19)31-27(32-26(24)34)37-14-15-7-5-6-8-18(15)29/h5-11,22H,12-14H2,1-4H3,(H2,30,31,32,34). The molecule has 0 spiro atoms. The number of hydrogen-bond donors (Lipinski definition) is 2. The number of H-pyrrole nitrogens is 1. The van der Waals surface area contributed by atoms with Crippen molar-refractivity contribution in [3.05, 3.63) is 86.6 Å². The fraction of sp³-hybridized carbons (Fsp3) is 0.321. The summed E-state index contributed by atoms with van der Waals surface area (Å²) in [5.74, 6) is 0.818. The summed E-state index contributed by atoms with van der Waals surface area (Å²) in [5, 5.41) is 3.67. The topological polar surface area (TPSA) is 93.3 Å². The normalized spacial score (nSPS) is 18.1. The number of halogens is 1. The minimum atomic E-state index is -0.679. The molecule has 0 saturated carbocycles. The summed E-state index contributed by atoms with van der Waals surface area (Å²) in [4.78, 5) is 34.7. The number of nitrogens with one attached hydrogen (secondary N) is 2. The molecule has 1 atom stereocenters. The van der Waals surface area contributed by atoms with Crippen LogP contribution in [-0.4, -0.2) is 30.0 Å². The lowest BCUT2D eigenvalue weighted by molar-refractivity contribution is -0.118. The number of anilines is 1. The maximum absolute atomic E-state index is 14.1. The Morgan fingerprint density at radius 3 is 2.62 bits per heavy atom. The molecule has 2 aliphatic rings. The lowest BCUT2D eigenvalue weighted by Crippen LogP contribution is -2.37. The van der Waals surface area contributed by atoms with Gasteiger partial charge in [0.15, 0.2) is 10.9 Å². The van der Waals surface area contributed by atoms with Crippen molar-refractivity contribution < 1.29 is 18.7 Å². The van der Waals surface area contributed by atoms with Crippen LogP contribution < -0.4 is 20.3 Å². The van der Waals surface area contributed by atoms with Gasteiger partial charge in [0.1, 0.15) is 23.1 Å². The van der Waals surface area contributed by atoms with E-state index in [0.717, 1.165) is 5.70 Å². The van der Waals surface area contributed by atoms with Gasteiger partial charge >= 0.3 is 0 Å². The Labute approximate surface area is 218 Å². The minimum absolute atomic E-state index is 0.0170. The Morgan fingerprint density at radius 1 is 1.11 bits per heavy atom. The summed E-state index contributed by atoms with van der Waals surface area (Å²) in [6, 6.07) is 11.9. The number of carbonyl (C=O) groups excluding carboxylic acids is 1. The molecule has 1 aliphatic carbocycles. The van der Waals surface area contributed by atoms with E-state index in [1.807, 2.05) is 13.8 Å².